The van der Waals surface area contributed by atoms with Crippen LogP contribution >= 0.6 is 54.5 Å². The molecular weight excluding hydrogens is 387 g/mol. The Balaban J connectivity index is 3.24. The maximum absolute atomic E-state index is 5.14. The normalized spacial score (nSPS) is 9.82. The number of hydrogen-bond donors (Lipinski definition) is 0. The van der Waals surface area contributed by atoms with Crippen LogP contribution in [0, 0.1) is 3.57 Å². The van der Waals surface area contributed by atoms with Gasteiger partial charge in [0, 0.05) is 8.95 Å². The van der Waals surface area contributed by atoms with Gasteiger partial charge in [-0.1, -0.05) is 15.9 Å². The monoisotopic (exact) mass is 390 g/mol. The molecule has 0 unspecified atom stereocenters. The van der Waals surface area contributed by atoms with Gasteiger partial charge in [0.1, 0.15) is 5.75 Å². The Morgan fingerprint density at radius 3 is 2.55 bits per heavy atom. The molecule has 0 saturated heterocycles. The number of benzene rings is 1. The first-order chi connectivity index (χ1) is 5.15. The van der Waals surface area contributed by atoms with Crippen molar-refractivity contribution in [2.75, 3.05) is 7.11 Å². The van der Waals surface area contributed by atoms with Crippen LogP contribution in [0.25, 0.3) is 0 Å². The van der Waals surface area contributed by atoms with Gasteiger partial charge in [-0.2, -0.15) is 0 Å². The lowest BCUT2D eigenvalue weighted by atomic mass is 10.3. The van der Waals surface area contributed by atoms with Crippen LogP contribution in [0.5, 0.6) is 5.75 Å². The molecule has 1 aromatic rings. The predicted molar refractivity (Wildman–Crippen MR) is 61.1 cm³/mol. The summed E-state index contributed by atoms with van der Waals surface area (Å²) in [6.45, 7) is 0. The van der Waals surface area contributed by atoms with Crippen molar-refractivity contribution in [2.45, 2.75) is 0 Å². The maximum atomic E-state index is 5.14. The van der Waals surface area contributed by atoms with E-state index in [1.54, 1.807) is 7.11 Å². The second kappa shape index (κ2) is 4.09. The number of rotatable bonds is 1. The van der Waals surface area contributed by atoms with Gasteiger partial charge in [0.2, 0.25) is 0 Å². The van der Waals surface area contributed by atoms with Crippen molar-refractivity contribution >= 4 is 54.5 Å². The summed E-state index contributed by atoms with van der Waals surface area (Å²) in [4.78, 5) is 0. The van der Waals surface area contributed by atoms with Crippen LogP contribution in [0.1, 0.15) is 0 Å². The Kier molecular flexibility index (Phi) is 3.64. The Bertz CT molecular complexity index is 275. The molecule has 0 saturated carbocycles. The van der Waals surface area contributed by atoms with E-state index in [2.05, 4.69) is 54.5 Å². The van der Waals surface area contributed by atoms with E-state index in [9.17, 15) is 0 Å². The van der Waals surface area contributed by atoms with Gasteiger partial charge >= 0.3 is 0 Å². The average Bonchev–Trinajstić information content (AvgIpc) is 1.96. The standard InChI is InChI=1S/C7H5Br2IO/c1-11-6-3-4(8)2-5(9)7(6)10/h2-3H,1H3. The van der Waals surface area contributed by atoms with Gasteiger partial charge in [-0.15, -0.1) is 0 Å². The lowest BCUT2D eigenvalue weighted by Crippen LogP contribution is -1.87. The Morgan fingerprint density at radius 1 is 1.36 bits per heavy atom. The number of methoxy groups -OCH3 is 1. The molecule has 0 atom stereocenters. The Hall–Kier alpha value is 0.710. The molecule has 60 valence electrons. The topological polar surface area (TPSA) is 9.23 Å². The lowest BCUT2D eigenvalue weighted by Gasteiger charge is -2.04. The van der Waals surface area contributed by atoms with Crippen molar-refractivity contribution < 1.29 is 4.74 Å². The molecule has 0 aliphatic heterocycles. The molecule has 1 nitrogen and oxygen atoms in total. The fraction of sp³-hybridized carbons (Fsp3) is 0.143. The van der Waals surface area contributed by atoms with Gasteiger partial charge in [-0.25, -0.2) is 0 Å². The zero-order valence-corrected chi connectivity index (χ0v) is 11.0. The van der Waals surface area contributed by atoms with Crippen molar-refractivity contribution in [1.29, 1.82) is 0 Å². The van der Waals surface area contributed by atoms with E-state index in [1.165, 1.54) is 0 Å². The molecule has 1 aromatic carbocycles. The first-order valence-corrected chi connectivity index (χ1v) is 5.50. The summed E-state index contributed by atoms with van der Waals surface area (Å²) < 4.78 is 8.29. The van der Waals surface area contributed by atoms with Crippen molar-refractivity contribution in [2.24, 2.45) is 0 Å². The van der Waals surface area contributed by atoms with Crippen LogP contribution in [-0.2, 0) is 0 Å². The van der Waals surface area contributed by atoms with Gasteiger partial charge in [-0.3, -0.25) is 0 Å². The van der Waals surface area contributed by atoms with Crippen LogP contribution in [-0.4, -0.2) is 7.11 Å². The summed E-state index contributed by atoms with van der Waals surface area (Å²) >= 11 is 9.02. The van der Waals surface area contributed by atoms with Gasteiger partial charge in [-0.05, 0) is 50.7 Å². The van der Waals surface area contributed by atoms with E-state index in [0.29, 0.717) is 0 Å². The molecule has 0 fully saturated rings. The van der Waals surface area contributed by atoms with E-state index in [4.69, 9.17) is 4.74 Å². The van der Waals surface area contributed by atoms with Crippen LogP contribution < -0.4 is 4.74 Å². The summed E-state index contributed by atoms with van der Waals surface area (Å²) in [5, 5.41) is 0. The fourth-order valence-electron chi connectivity index (χ4n) is 0.681. The molecule has 1 rings (SSSR count). The fourth-order valence-corrected chi connectivity index (χ4v) is 2.40. The summed E-state index contributed by atoms with van der Waals surface area (Å²) in [5.74, 6) is 0.881. The third-order valence-corrected chi connectivity index (χ3v) is 4.12. The highest BCUT2D eigenvalue weighted by Gasteiger charge is 2.04. The SMILES string of the molecule is COc1cc(Br)cc(Br)c1I. The Morgan fingerprint density at radius 2 is 2.00 bits per heavy atom. The third-order valence-electron chi connectivity index (χ3n) is 1.18. The smallest absolute Gasteiger partial charge is 0.134 e. The molecule has 0 N–H and O–H groups in total. The quantitative estimate of drug-likeness (QED) is 0.522. The largest absolute Gasteiger partial charge is 0.496 e. The zero-order chi connectivity index (χ0) is 8.43. The first-order valence-electron chi connectivity index (χ1n) is 2.83. The second-order valence-electron chi connectivity index (χ2n) is 1.90. The highest BCUT2D eigenvalue weighted by molar-refractivity contribution is 14.1. The predicted octanol–water partition coefficient (Wildman–Crippen LogP) is 3.82. The minimum Gasteiger partial charge on any atom is -0.496 e. The molecule has 0 amide bonds. The van der Waals surface area contributed by atoms with Crippen molar-refractivity contribution in [3.05, 3.63) is 24.6 Å². The number of hydrogen-bond acceptors (Lipinski definition) is 1. The molecule has 0 bridgehead atoms. The zero-order valence-electron chi connectivity index (χ0n) is 5.70. The van der Waals surface area contributed by atoms with Crippen LogP contribution in [0.15, 0.2) is 21.1 Å². The average molecular weight is 392 g/mol. The van der Waals surface area contributed by atoms with Crippen LogP contribution in [0.2, 0.25) is 0 Å². The van der Waals surface area contributed by atoms with Gasteiger partial charge < -0.3 is 4.74 Å². The van der Waals surface area contributed by atoms with E-state index in [0.717, 1.165) is 18.3 Å². The Labute approximate surface area is 95.9 Å². The summed E-state index contributed by atoms with van der Waals surface area (Å²) in [6.07, 6.45) is 0. The minimum absolute atomic E-state index is 0.881. The molecule has 11 heavy (non-hydrogen) atoms. The maximum Gasteiger partial charge on any atom is 0.134 e. The lowest BCUT2D eigenvalue weighted by molar-refractivity contribution is 0.411. The highest BCUT2D eigenvalue weighted by Crippen LogP contribution is 2.31. The van der Waals surface area contributed by atoms with Gasteiger partial charge in [0.15, 0.2) is 0 Å². The van der Waals surface area contributed by atoms with Gasteiger partial charge in [0.05, 0.1) is 10.7 Å². The van der Waals surface area contributed by atoms with Crippen molar-refractivity contribution in [1.82, 2.24) is 0 Å². The van der Waals surface area contributed by atoms with Crippen LogP contribution in [0.4, 0.5) is 0 Å². The molecule has 0 spiro atoms. The molecule has 0 aliphatic rings. The summed E-state index contributed by atoms with van der Waals surface area (Å²) in [7, 11) is 1.66. The van der Waals surface area contributed by atoms with Crippen molar-refractivity contribution in [3.8, 4) is 5.75 Å². The van der Waals surface area contributed by atoms with E-state index in [1.807, 2.05) is 12.1 Å². The second-order valence-corrected chi connectivity index (χ2v) is 4.75. The van der Waals surface area contributed by atoms with Crippen molar-refractivity contribution in [3.63, 3.8) is 0 Å². The van der Waals surface area contributed by atoms with Gasteiger partial charge in [0.25, 0.3) is 0 Å². The summed E-state index contributed by atoms with van der Waals surface area (Å²) in [6, 6.07) is 3.93. The molecule has 0 heterocycles. The van der Waals surface area contributed by atoms with Crippen LogP contribution in [0.3, 0.4) is 0 Å². The molecule has 4 heteroatoms. The minimum atomic E-state index is 0.881. The van der Waals surface area contributed by atoms with E-state index < -0.39 is 0 Å². The molecule has 0 aliphatic carbocycles. The number of ether oxygens (including phenoxy) is 1. The highest BCUT2D eigenvalue weighted by atomic mass is 127. The molecular formula is C7H5Br2IO. The third kappa shape index (κ3) is 2.32. The van der Waals surface area contributed by atoms with E-state index in [-0.39, 0.29) is 0 Å². The summed E-state index contributed by atoms with van der Waals surface area (Å²) in [5.41, 5.74) is 0. The molecule has 0 aromatic heterocycles. The van der Waals surface area contributed by atoms with E-state index >= 15 is 0 Å². The first kappa shape index (κ1) is 9.80. The molecule has 0 radical (unpaired) electrons. The number of halogens is 3.